The lowest BCUT2D eigenvalue weighted by Crippen LogP contribution is -2.36. The van der Waals surface area contributed by atoms with Crippen LogP contribution in [0, 0.1) is 0 Å². The largest absolute Gasteiger partial charge is 0.475 e. The fraction of sp³-hybridized carbons (Fsp3) is 0.526. The Morgan fingerprint density at radius 1 is 1.27 bits per heavy atom. The highest BCUT2D eigenvalue weighted by atomic mass is 16.6. The van der Waals surface area contributed by atoms with E-state index < -0.39 is 5.60 Å². The van der Waals surface area contributed by atoms with Crippen LogP contribution in [0.15, 0.2) is 24.3 Å². The molecule has 26 heavy (non-hydrogen) atoms. The van der Waals surface area contributed by atoms with Gasteiger partial charge in [0, 0.05) is 19.1 Å². The monoisotopic (exact) mass is 358 g/mol. The molecule has 1 aliphatic rings. The van der Waals surface area contributed by atoms with E-state index in [1.165, 1.54) is 0 Å². The SMILES string of the molecule is CCOc1nc2ccccc2nc1N[C@H]1CCN(C(=O)OC(C)(C)C)C1. The van der Waals surface area contributed by atoms with Gasteiger partial charge in [-0.05, 0) is 46.2 Å². The Bertz CT molecular complexity index is 788. The van der Waals surface area contributed by atoms with Crippen LogP contribution in [0.1, 0.15) is 34.1 Å². The molecule has 0 unspecified atom stereocenters. The van der Waals surface area contributed by atoms with Crippen molar-refractivity contribution >= 4 is 22.9 Å². The van der Waals surface area contributed by atoms with Crippen LogP contribution in [-0.4, -0.2) is 52.3 Å². The zero-order chi connectivity index (χ0) is 18.7. The minimum Gasteiger partial charge on any atom is -0.475 e. The van der Waals surface area contributed by atoms with Crippen molar-refractivity contribution in [3.63, 3.8) is 0 Å². The molecule has 0 bridgehead atoms. The first kappa shape index (κ1) is 18.2. The standard InChI is InChI=1S/C19H26N4O3/c1-5-25-17-16(21-14-8-6-7-9-15(14)22-17)20-13-10-11-23(12-13)18(24)26-19(2,3)4/h6-9,13H,5,10-12H2,1-4H3,(H,20,21)/t13-/m0/s1. The smallest absolute Gasteiger partial charge is 0.410 e. The molecule has 0 spiro atoms. The number of ether oxygens (including phenoxy) is 2. The van der Waals surface area contributed by atoms with E-state index in [0.29, 0.717) is 31.4 Å². The van der Waals surface area contributed by atoms with Crippen LogP contribution in [0.2, 0.25) is 0 Å². The van der Waals surface area contributed by atoms with E-state index in [1.807, 2.05) is 52.0 Å². The fourth-order valence-corrected chi connectivity index (χ4v) is 2.88. The van der Waals surface area contributed by atoms with E-state index in [-0.39, 0.29) is 12.1 Å². The molecule has 3 rings (SSSR count). The predicted molar refractivity (Wildman–Crippen MR) is 101 cm³/mol. The number of amides is 1. The van der Waals surface area contributed by atoms with Crippen molar-refractivity contribution < 1.29 is 14.3 Å². The van der Waals surface area contributed by atoms with Crippen LogP contribution in [0.5, 0.6) is 5.88 Å². The van der Waals surface area contributed by atoms with Crippen LogP contribution in [0.25, 0.3) is 11.0 Å². The van der Waals surface area contributed by atoms with Gasteiger partial charge in [0.25, 0.3) is 5.88 Å². The number of carbonyl (C=O) groups is 1. The first-order chi connectivity index (χ1) is 12.4. The fourth-order valence-electron chi connectivity index (χ4n) is 2.88. The molecule has 1 amide bonds. The Morgan fingerprint density at radius 2 is 1.96 bits per heavy atom. The van der Waals surface area contributed by atoms with Crippen LogP contribution < -0.4 is 10.1 Å². The first-order valence-electron chi connectivity index (χ1n) is 9.00. The van der Waals surface area contributed by atoms with Gasteiger partial charge in [0.2, 0.25) is 0 Å². The van der Waals surface area contributed by atoms with Gasteiger partial charge in [-0.3, -0.25) is 0 Å². The number of likely N-dealkylation sites (tertiary alicyclic amines) is 1. The summed E-state index contributed by atoms with van der Waals surface area (Å²) in [4.78, 5) is 23.2. The van der Waals surface area contributed by atoms with E-state index in [9.17, 15) is 4.79 Å². The molecule has 1 aromatic heterocycles. The minimum atomic E-state index is -0.492. The molecule has 1 atom stereocenters. The second kappa shape index (κ2) is 7.35. The summed E-state index contributed by atoms with van der Waals surface area (Å²) in [5.41, 5.74) is 1.11. The highest BCUT2D eigenvalue weighted by Gasteiger charge is 2.30. The second-order valence-electron chi connectivity index (χ2n) is 7.36. The van der Waals surface area contributed by atoms with Crippen molar-refractivity contribution in [3.8, 4) is 5.88 Å². The molecular weight excluding hydrogens is 332 g/mol. The van der Waals surface area contributed by atoms with Gasteiger partial charge in [-0.2, -0.15) is 0 Å². The summed E-state index contributed by atoms with van der Waals surface area (Å²) in [7, 11) is 0. The Labute approximate surface area is 153 Å². The van der Waals surface area contributed by atoms with Gasteiger partial charge < -0.3 is 19.7 Å². The Morgan fingerprint density at radius 3 is 2.62 bits per heavy atom. The van der Waals surface area contributed by atoms with Crippen LogP contribution >= 0.6 is 0 Å². The van der Waals surface area contributed by atoms with Gasteiger partial charge in [0.15, 0.2) is 5.82 Å². The van der Waals surface area contributed by atoms with Crippen molar-refractivity contribution in [1.82, 2.24) is 14.9 Å². The normalized spacial score (nSPS) is 17.4. The van der Waals surface area contributed by atoms with Gasteiger partial charge in [0.1, 0.15) is 5.60 Å². The summed E-state index contributed by atoms with van der Waals surface area (Å²) < 4.78 is 11.1. The average molecular weight is 358 g/mol. The van der Waals surface area contributed by atoms with Gasteiger partial charge in [-0.25, -0.2) is 14.8 Å². The third-order valence-electron chi connectivity index (χ3n) is 4.00. The molecule has 0 saturated carbocycles. The Hall–Kier alpha value is -2.57. The highest BCUT2D eigenvalue weighted by Crippen LogP contribution is 2.26. The molecule has 1 N–H and O–H groups in total. The minimum absolute atomic E-state index is 0.0807. The maximum absolute atomic E-state index is 12.2. The summed E-state index contributed by atoms with van der Waals surface area (Å²) >= 11 is 0. The van der Waals surface area contributed by atoms with E-state index >= 15 is 0 Å². The number of benzene rings is 1. The van der Waals surface area contributed by atoms with Gasteiger partial charge in [-0.1, -0.05) is 12.1 Å². The second-order valence-corrected chi connectivity index (χ2v) is 7.36. The van der Waals surface area contributed by atoms with Crippen molar-refractivity contribution in [3.05, 3.63) is 24.3 Å². The van der Waals surface area contributed by atoms with Crippen LogP contribution in [0.3, 0.4) is 0 Å². The quantitative estimate of drug-likeness (QED) is 0.902. The molecule has 2 heterocycles. The number of nitrogens with zero attached hydrogens (tertiary/aromatic N) is 3. The van der Waals surface area contributed by atoms with E-state index in [4.69, 9.17) is 9.47 Å². The molecule has 7 nitrogen and oxygen atoms in total. The van der Waals surface area contributed by atoms with Gasteiger partial charge >= 0.3 is 6.09 Å². The van der Waals surface area contributed by atoms with Crippen LogP contribution in [-0.2, 0) is 4.74 Å². The maximum atomic E-state index is 12.2. The number of anilines is 1. The number of rotatable bonds is 4. The van der Waals surface area contributed by atoms with Crippen molar-refractivity contribution in [1.29, 1.82) is 0 Å². The average Bonchev–Trinajstić information content (AvgIpc) is 3.03. The lowest BCUT2D eigenvalue weighted by molar-refractivity contribution is 0.0293. The number of para-hydroxylation sites is 2. The molecule has 1 aliphatic heterocycles. The van der Waals surface area contributed by atoms with Crippen LogP contribution in [0.4, 0.5) is 10.6 Å². The third-order valence-corrected chi connectivity index (χ3v) is 4.00. The zero-order valence-corrected chi connectivity index (χ0v) is 15.8. The third kappa shape index (κ3) is 4.33. The summed E-state index contributed by atoms with van der Waals surface area (Å²) in [6, 6.07) is 7.77. The number of carbonyl (C=O) groups excluding carboxylic acids is 1. The van der Waals surface area contributed by atoms with Gasteiger partial charge in [0.05, 0.1) is 17.6 Å². The molecule has 2 aromatic rings. The number of nitrogens with one attached hydrogen (secondary N) is 1. The highest BCUT2D eigenvalue weighted by molar-refractivity contribution is 5.77. The molecule has 1 fully saturated rings. The molecule has 0 radical (unpaired) electrons. The number of fused-ring (bicyclic) bond motifs is 1. The summed E-state index contributed by atoms with van der Waals surface area (Å²) in [6.07, 6.45) is 0.538. The molecule has 1 saturated heterocycles. The van der Waals surface area contributed by atoms with E-state index in [0.717, 1.165) is 17.5 Å². The number of hydrogen-bond donors (Lipinski definition) is 1. The molecule has 0 aliphatic carbocycles. The topological polar surface area (TPSA) is 76.6 Å². The Kier molecular flexibility index (Phi) is 5.15. The van der Waals surface area contributed by atoms with E-state index in [1.54, 1.807) is 4.90 Å². The zero-order valence-electron chi connectivity index (χ0n) is 15.8. The summed E-state index contributed by atoms with van der Waals surface area (Å²) in [5, 5.41) is 3.39. The maximum Gasteiger partial charge on any atom is 0.410 e. The summed E-state index contributed by atoms with van der Waals surface area (Å²) in [6.45, 7) is 9.25. The molecule has 7 heteroatoms. The van der Waals surface area contributed by atoms with Gasteiger partial charge in [-0.15, -0.1) is 0 Å². The number of aromatic nitrogens is 2. The van der Waals surface area contributed by atoms with E-state index in [2.05, 4.69) is 15.3 Å². The first-order valence-corrected chi connectivity index (χ1v) is 9.00. The summed E-state index contributed by atoms with van der Waals surface area (Å²) in [5.74, 6) is 1.10. The van der Waals surface area contributed by atoms with Crippen molar-refractivity contribution in [2.45, 2.75) is 45.8 Å². The predicted octanol–water partition coefficient (Wildman–Crippen LogP) is 3.45. The molecular formula is C19H26N4O3. The number of hydrogen-bond acceptors (Lipinski definition) is 6. The molecule has 140 valence electrons. The molecule has 1 aromatic carbocycles. The van der Waals surface area contributed by atoms with Crippen molar-refractivity contribution in [2.24, 2.45) is 0 Å². The lowest BCUT2D eigenvalue weighted by Gasteiger charge is -2.24. The lowest BCUT2D eigenvalue weighted by atomic mass is 10.2. The van der Waals surface area contributed by atoms with Crippen molar-refractivity contribution in [2.75, 3.05) is 25.0 Å². The Balaban J connectivity index is 1.73.